The van der Waals surface area contributed by atoms with Crippen molar-refractivity contribution < 1.29 is 9.59 Å². The van der Waals surface area contributed by atoms with Crippen molar-refractivity contribution in [3.05, 3.63) is 71.8 Å². The highest BCUT2D eigenvalue weighted by atomic mass is 16.2. The van der Waals surface area contributed by atoms with Gasteiger partial charge in [0.05, 0.1) is 12.1 Å². The normalized spacial score (nSPS) is 14.1. The maximum Gasteiger partial charge on any atom is 0.251 e. The minimum Gasteiger partial charge on any atom is -0.353 e. The highest BCUT2D eigenvalue weighted by Crippen LogP contribution is 2.23. The topological polar surface area (TPSA) is 65.5 Å². The third-order valence-corrected chi connectivity index (χ3v) is 5.30. The lowest BCUT2D eigenvalue weighted by Gasteiger charge is -2.35. The fourth-order valence-corrected chi connectivity index (χ4v) is 3.64. The molecule has 2 aromatic carbocycles. The van der Waals surface area contributed by atoms with Gasteiger partial charge in [-0.15, -0.1) is 0 Å². The van der Waals surface area contributed by atoms with Crippen LogP contribution in [0, 0.1) is 6.92 Å². The molecule has 2 heterocycles. The van der Waals surface area contributed by atoms with Crippen LogP contribution in [0.4, 0.5) is 5.82 Å². The van der Waals surface area contributed by atoms with Crippen LogP contribution in [0.5, 0.6) is 0 Å². The first-order valence-corrected chi connectivity index (χ1v) is 9.84. The molecule has 6 heteroatoms. The molecule has 0 radical (unpaired) electrons. The Morgan fingerprint density at radius 2 is 1.66 bits per heavy atom. The molecular weight excluding hydrogens is 364 g/mol. The maximum atomic E-state index is 12.5. The predicted molar refractivity (Wildman–Crippen MR) is 114 cm³/mol. The zero-order valence-electron chi connectivity index (χ0n) is 16.5. The van der Waals surface area contributed by atoms with Crippen LogP contribution in [0.25, 0.3) is 10.9 Å². The molecule has 1 aromatic heterocycles. The van der Waals surface area contributed by atoms with E-state index < -0.39 is 0 Å². The Hall–Kier alpha value is -3.41. The molecule has 2 amide bonds. The molecule has 6 nitrogen and oxygen atoms in total. The molecule has 0 bridgehead atoms. The van der Waals surface area contributed by atoms with Crippen molar-refractivity contribution in [1.82, 2.24) is 15.2 Å². The zero-order chi connectivity index (χ0) is 20.2. The summed E-state index contributed by atoms with van der Waals surface area (Å²) >= 11 is 0. The van der Waals surface area contributed by atoms with Crippen molar-refractivity contribution >= 4 is 28.5 Å². The van der Waals surface area contributed by atoms with Gasteiger partial charge in [-0.25, -0.2) is 4.98 Å². The van der Waals surface area contributed by atoms with Crippen molar-refractivity contribution in [1.29, 1.82) is 0 Å². The fourth-order valence-electron chi connectivity index (χ4n) is 3.64. The summed E-state index contributed by atoms with van der Waals surface area (Å²) in [5, 5.41) is 3.88. The second kappa shape index (κ2) is 8.31. The highest BCUT2D eigenvalue weighted by molar-refractivity contribution is 5.96. The Morgan fingerprint density at radius 1 is 0.966 bits per heavy atom. The number of anilines is 1. The summed E-state index contributed by atoms with van der Waals surface area (Å²) in [6.45, 7) is 4.80. The standard InChI is InChI=1S/C23H24N4O2/c1-17-15-21(25-20-10-6-5-9-19(17)20)26-11-13-27(14-12-26)22(28)16-24-23(29)18-7-3-2-4-8-18/h2-10,15H,11-14,16H2,1H3,(H,24,29). The van der Waals surface area contributed by atoms with E-state index in [0.29, 0.717) is 18.7 Å². The Balaban J connectivity index is 1.33. The van der Waals surface area contributed by atoms with Gasteiger partial charge in [-0.3, -0.25) is 9.59 Å². The number of carbonyl (C=O) groups excluding carboxylic acids is 2. The van der Waals surface area contributed by atoms with E-state index in [-0.39, 0.29) is 18.4 Å². The van der Waals surface area contributed by atoms with Crippen LogP contribution in [0.2, 0.25) is 0 Å². The van der Waals surface area contributed by atoms with Gasteiger partial charge in [0, 0.05) is 37.1 Å². The number of benzene rings is 2. The molecule has 1 aliphatic heterocycles. The number of pyridine rings is 1. The second-order valence-electron chi connectivity index (χ2n) is 7.23. The van der Waals surface area contributed by atoms with E-state index in [0.717, 1.165) is 24.4 Å². The molecule has 1 fully saturated rings. The van der Waals surface area contributed by atoms with Gasteiger partial charge in [0.15, 0.2) is 0 Å². The van der Waals surface area contributed by atoms with Crippen LogP contribution in [-0.2, 0) is 4.79 Å². The third kappa shape index (κ3) is 4.21. The number of piperazine rings is 1. The summed E-state index contributed by atoms with van der Waals surface area (Å²) in [6.07, 6.45) is 0. The van der Waals surface area contributed by atoms with E-state index in [1.54, 1.807) is 29.2 Å². The average molecular weight is 388 g/mol. The van der Waals surface area contributed by atoms with Gasteiger partial charge in [0.25, 0.3) is 5.91 Å². The summed E-state index contributed by atoms with van der Waals surface area (Å²) in [5.74, 6) is 0.663. The van der Waals surface area contributed by atoms with Gasteiger partial charge in [-0.2, -0.15) is 0 Å². The number of carbonyl (C=O) groups is 2. The van der Waals surface area contributed by atoms with Gasteiger partial charge in [-0.05, 0) is 36.8 Å². The SMILES string of the molecule is Cc1cc(N2CCN(C(=O)CNC(=O)c3ccccc3)CC2)nc2ccccc12. The number of amides is 2. The Bertz CT molecular complexity index is 1030. The molecule has 1 aliphatic rings. The summed E-state index contributed by atoms with van der Waals surface area (Å²) in [7, 11) is 0. The molecule has 0 saturated carbocycles. The Kier molecular flexibility index (Phi) is 5.42. The molecule has 0 aliphatic carbocycles. The Labute approximate surface area is 170 Å². The van der Waals surface area contributed by atoms with Crippen LogP contribution in [0.3, 0.4) is 0 Å². The second-order valence-corrected chi connectivity index (χ2v) is 7.23. The number of nitrogens with zero attached hydrogens (tertiary/aromatic N) is 3. The van der Waals surface area contributed by atoms with Crippen LogP contribution in [0.15, 0.2) is 60.7 Å². The number of hydrogen-bond acceptors (Lipinski definition) is 4. The molecule has 148 valence electrons. The average Bonchev–Trinajstić information content (AvgIpc) is 2.78. The van der Waals surface area contributed by atoms with Crippen LogP contribution in [0.1, 0.15) is 15.9 Å². The van der Waals surface area contributed by atoms with Gasteiger partial charge < -0.3 is 15.1 Å². The lowest BCUT2D eigenvalue weighted by atomic mass is 10.1. The molecule has 0 unspecified atom stereocenters. The monoisotopic (exact) mass is 388 g/mol. The summed E-state index contributed by atoms with van der Waals surface area (Å²) in [5.41, 5.74) is 2.75. The minimum atomic E-state index is -0.228. The van der Waals surface area contributed by atoms with Gasteiger partial charge >= 0.3 is 0 Å². The lowest BCUT2D eigenvalue weighted by Crippen LogP contribution is -2.51. The van der Waals surface area contributed by atoms with Crippen molar-refractivity contribution in [2.45, 2.75) is 6.92 Å². The van der Waals surface area contributed by atoms with E-state index >= 15 is 0 Å². The van der Waals surface area contributed by atoms with Gasteiger partial charge in [-0.1, -0.05) is 36.4 Å². The molecule has 0 atom stereocenters. The van der Waals surface area contributed by atoms with Crippen LogP contribution in [-0.4, -0.2) is 54.4 Å². The van der Waals surface area contributed by atoms with Gasteiger partial charge in [0.2, 0.25) is 5.91 Å². The van der Waals surface area contributed by atoms with Gasteiger partial charge in [0.1, 0.15) is 5.82 Å². The van der Waals surface area contributed by atoms with Crippen molar-refractivity contribution in [3.8, 4) is 0 Å². The predicted octanol–water partition coefficient (Wildman–Crippen LogP) is 2.62. The number of fused-ring (bicyclic) bond motifs is 1. The first-order chi connectivity index (χ1) is 14.1. The van der Waals surface area contributed by atoms with E-state index in [4.69, 9.17) is 4.98 Å². The molecule has 3 aromatic rings. The molecule has 1 saturated heterocycles. The van der Waals surface area contributed by atoms with E-state index in [1.165, 1.54) is 10.9 Å². The smallest absolute Gasteiger partial charge is 0.251 e. The molecular formula is C23H24N4O2. The van der Waals surface area contributed by atoms with E-state index in [2.05, 4.69) is 29.3 Å². The van der Waals surface area contributed by atoms with E-state index in [9.17, 15) is 9.59 Å². The van der Waals surface area contributed by atoms with Crippen molar-refractivity contribution in [2.24, 2.45) is 0 Å². The quantitative estimate of drug-likeness (QED) is 0.746. The van der Waals surface area contributed by atoms with Crippen molar-refractivity contribution in [2.75, 3.05) is 37.6 Å². The molecule has 1 N–H and O–H groups in total. The molecule has 4 rings (SSSR count). The third-order valence-electron chi connectivity index (χ3n) is 5.30. The number of para-hydroxylation sites is 1. The fraction of sp³-hybridized carbons (Fsp3) is 0.261. The first-order valence-electron chi connectivity index (χ1n) is 9.84. The summed E-state index contributed by atoms with van der Waals surface area (Å²) in [4.78, 5) is 33.4. The van der Waals surface area contributed by atoms with E-state index in [1.807, 2.05) is 24.3 Å². The zero-order valence-corrected chi connectivity index (χ0v) is 16.5. The maximum absolute atomic E-state index is 12.5. The number of hydrogen-bond donors (Lipinski definition) is 1. The largest absolute Gasteiger partial charge is 0.353 e. The van der Waals surface area contributed by atoms with Crippen molar-refractivity contribution in [3.63, 3.8) is 0 Å². The first kappa shape index (κ1) is 18.9. The van der Waals surface area contributed by atoms with Crippen LogP contribution >= 0.6 is 0 Å². The Morgan fingerprint density at radius 3 is 2.41 bits per heavy atom. The number of aryl methyl sites for hydroxylation is 1. The number of nitrogens with one attached hydrogen (secondary N) is 1. The van der Waals surface area contributed by atoms with Crippen LogP contribution < -0.4 is 10.2 Å². The summed E-state index contributed by atoms with van der Waals surface area (Å²) in [6, 6.07) is 19.2. The summed E-state index contributed by atoms with van der Waals surface area (Å²) < 4.78 is 0. The number of rotatable bonds is 4. The minimum absolute atomic E-state index is 0.0149. The molecule has 0 spiro atoms. The molecule has 29 heavy (non-hydrogen) atoms. The lowest BCUT2D eigenvalue weighted by molar-refractivity contribution is -0.130. The number of aromatic nitrogens is 1. The highest BCUT2D eigenvalue weighted by Gasteiger charge is 2.22.